The van der Waals surface area contributed by atoms with Crippen molar-refractivity contribution in [1.82, 2.24) is 25.3 Å². The predicted octanol–water partition coefficient (Wildman–Crippen LogP) is 2.71. The summed E-state index contributed by atoms with van der Waals surface area (Å²) >= 11 is 1.72. The number of hydrogen-bond donors (Lipinski definition) is 1. The molecule has 5 nitrogen and oxygen atoms in total. The summed E-state index contributed by atoms with van der Waals surface area (Å²) in [7, 11) is 0. The van der Waals surface area contributed by atoms with Gasteiger partial charge in [0.1, 0.15) is 0 Å². The Morgan fingerprint density at radius 2 is 2.19 bits per heavy atom. The van der Waals surface area contributed by atoms with Crippen LogP contribution in [0.4, 0.5) is 0 Å². The molecule has 21 heavy (non-hydrogen) atoms. The fraction of sp³-hybridized carbons (Fsp3) is 0.667. The minimum atomic E-state index is 0.670. The molecule has 0 saturated heterocycles. The smallest absolute Gasteiger partial charge is 0.0964 e. The number of thiazole rings is 1. The number of nitrogens with zero attached hydrogens (tertiary/aromatic N) is 4. The molecule has 0 spiro atoms. The molecule has 0 aromatic carbocycles. The molecule has 0 atom stereocenters. The lowest BCUT2D eigenvalue weighted by Crippen LogP contribution is -2.30. The van der Waals surface area contributed by atoms with Crippen molar-refractivity contribution in [2.75, 3.05) is 0 Å². The normalized spacial score (nSPS) is 16.4. The van der Waals surface area contributed by atoms with Gasteiger partial charge >= 0.3 is 0 Å². The van der Waals surface area contributed by atoms with Crippen molar-refractivity contribution in [2.45, 2.75) is 64.6 Å². The highest BCUT2D eigenvalue weighted by Gasteiger charge is 2.13. The van der Waals surface area contributed by atoms with Crippen molar-refractivity contribution < 1.29 is 0 Å². The van der Waals surface area contributed by atoms with Gasteiger partial charge in [-0.2, -0.15) is 0 Å². The topological polar surface area (TPSA) is 55.6 Å². The Morgan fingerprint density at radius 3 is 2.95 bits per heavy atom. The largest absolute Gasteiger partial charge is 0.308 e. The fourth-order valence-electron chi connectivity index (χ4n) is 2.87. The van der Waals surface area contributed by atoms with Crippen molar-refractivity contribution >= 4 is 11.3 Å². The second kappa shape index (κ2) is 7.13. The number of aryl methyl sites for hydroxylation is 3. The van der Waals surface area contributed by atoms with E-state index in [1.54, 1.807) is 11.3 Å². The van der Waals surface area contributed by atoms with Gasteiger partial charge in [-0.25, -0.2) is 4.98 Å². The van der Waals surface area contributed by atoms with Gasteiger partial charge in [-0.05, 0) is 19.8 Å². The van der Waals surface area contributed by atoms with E-state index in [4.69, 9.17) is 0 Å². The molecular formula is C15H23N5S. The summed E-state index contributed by atoms with van der Waals surface area (Å²) in [4.78, 5) is 5.62. The summed E-state index contributed by atoms with van der Waals surface area (Å²) in [5.41, 5.74) is 4.09. The molecule has 1 aliphatic rings. The van der Waals surface area contributed by atoms with Gasteiger partial charge in [0.2, 0.25) is 0 Å². The average Bonchev–Trinajstić information content (AvgIpc) is 3.13. The van der Waals surface area contributed by atoms with E-state index in [0.717, 1.165) is 30.9 Å². The molecule has 2 heterocycles. The zero-order valence-corrected chi connectivity index (χ0v) is 13.4. The van der Waals surface area contributed by atoms with Crippen molar-refractivity contribution in [1.29, 1.82) is 0 Å². The van der Waals surface area contributed by atoms with E-state index in [1.165, 1.54) is 37.0 Å². The lowest BCUT2D eigenvalue weighted by atomic mass is 9.95. The van der Waals surface area contributed by atoms with Crippen LogP contribution in [0.15, 0.2) is 11.7 Å². The number of rotatable bonds is 6. The van der Waals surface area contributed by atoms with E-state index < -0.39 is 0 Å². The zero-order valence-electron chi connectivity index (χ0n) is 12.6. The van der Waals surface area contributed by atoms with E-state index >= 15 is 0 Å². The maximum atomic E-state index is 4.28. The van der Waals surface area contributed by atoms with Gasteiger partial charge in [-0.15, -0.1) is 16.4 Å². The van der Waals surface area contributed by atoms with Crippen LogP contribution in [-0.4, -0.2) is 26.0 Å². The first kappa shape index (κ1) is 14.7. The standard InChI is InChI=1S/C15H23N5S/c1-12-15(21-11-17-12)7-8-20-10-14(18-19-20)9-16-13-5-3-2-4-6-13/h10-11,13,16H,2-9H2,1H3. The van der Waals surface area contributed by atoms with Gasteiger partial charge in [0.15, 0.2) is 0 Å². The summed E-state index contributed by atoms with van der Waals surface area (Å²) in [6.07, 6.45) is 9.77. The second-order valence-electron chi connectivity index (χ2n) is 5.80. The summed E-state index contributed by atoms with van der Waals surface area (Å²) < 4.78 is 1.94. The Labute approximate surface area is 129 Å². The summed E-state index contributed by atoms with van der Waals surface area (Å²) in [6.45, 7) is 3.77. The Balaban J connectivity index is 1.46. The monoisotopic (exact) mass is 305 g/mol. The lowest BCUT2D eigenvalue weighted by molar-refractivity contribution is 0.371. The fourth-order valence-corrected chi connectivity index (χ4v) is 3.64. The zero-order chi connectivity index (χ0) is 14.5. The van der Waals surface area contributed by atoms with E-state index in [9.17, 15) is 0 Å². The third-order valence-electron chi connectivity index (χ3n) is 4.18. The number of aromatic nitrogens is 4. The highest BCUT2D eigenvalue weighted by atomic mass is 32.1. The SMILES string of the molecule is Cc1ncsc1CCn1cc(CNC2CCCCC2)nn1. The van der Waals surface area contributed by atoms with E-state index in [2.05, 4.69) is 33.7 Å². The average molecular weight is 305 g/mol. The molecule has 3 rings (SSSR count). The third kappa shape index (κ3) is 4.11. The van der Waals surface area contributed by atoms with Crippen LogP contribution in [0.5, 0.6) is 0 Å². The molecule has 0 amide bonds. The molecular weight excluding hydrogens is 282 g/mol. The predicted molar refractivity (Wildman–Crippen MR) is 84.3 cm³/mol. The minimum Gasteiger partial charge on any atom is -0.308 e. The van der Waals surface area contributed by atoms with Gasteiger partial charge < -0.3 is 5.32 Å². The van der Waals surface area contributed by atoms with Crippen molar-refractivity contribution in [2.24, 2.45) is 0 Å². The van der Waals surface area contributed by atoms with Crippen LogP contribution in [0.25, 0.3) is 0 Å². The quantitative estimate of drug-likeness (QED) is 0.891. The first-order chi connectivity index (χ1) is 10.3. The van der Waals surface area contributed by atoms with Crippen molar-refractivity contribution in [3.05, 3.63) is 28.0 Å². The molecule has 1 N–H and O–H groups in total. The van der Waals surface area contributed by atoms with Crippen LogP contribution >= 0.6 is 11.3 Å². The summed E-state index contributed by atoms with van der Waals surface area (Å²) in [5, 5.41) is 12.1. The highest BCUT2D eigenvalue weighted by molar-refractivity contribution is 7.09. The summed E-state index contributed by atoms with van der Waals surface area (Å²) in [5.74, 6) is 0. The van der Waals surface area contributed by atoms with E-state index in [1.807, 2.05) is 10.2 Å². The molecule has 2 aromatic rings. The van der Waals surface area contributed by atoms with Crippen LogP contribution in [-0.2, 0) is 19.5 Å². The molecule has 0 bridgehead atoms. The Morgan fingerprint density at radius 1 is 1.33 bits per heavy atom. The molecule has 2 aromatic heterocycles. The van der Waals surface area contributed by atoms with Crippen LogP contribution in [0, 0.1) is 6.92 Å². The molecule has 6 heteroatoms. The van der Waals surface area contributed by atoms with Gasteiger partial charge in [0.25, 0.3) is 0 Å². The molecule has 1 fully saturated rings. The molecule has 1 saturated carbocycles. The molecule has 1 aliphatic carbocycles. The Bertz CT molecular complexity index is 556. The molecule has 114 valence electrons. The molecule has 0 unspecified atom stereocenters. The van der Waals surface area contributed by atoms with Gasteiger partial charge in [0.05, 0.1) is 16.9 Å². The first-order valence-corrected chi connectivity index (χ1v) is 8.70. The Hall–Kier alpha value is -1.27. The van der Waals surface area contributed by atoms with E-state index in [0.29, 0.717) is 6.04 Å². The van der Waals surface area contributed by atoms with Gasteiger partial charge in [-0.3, -0.25) is 4.68 Å². The van der Waals surface area contributed by atoms with Gasteiger partial charge in [0, 0.05) is 36.6 Å². The van der Waals surface area contributed by atoms with Crippen LogP contribution in [0.1, 0.15) is 48.4 Å². The van der Waals surface area contributed by atoms with Crippen molar-refractivity contribution in [3.63, 3.8) is 0 Å². The summed E-state index contributed by atoms with van der Waals surface area (Å²) in [6, 6.07) is 0.670. The van der Waals surface area contributed by atoms with Crippen LogP contribution in [0.2, 0.25) is 0 Å². The number of nitrogens with one attached hydrogen (secondary N) is 1. The molecule has 0 radical (unpaired) electrons. The maximum Gasteiger partial charge on any atom is 0.0964 e. The van der Waals surface area contributed by atoms with E-state index in [-0.39, 0.29) is 0 Å². The van der Waals surface area contributed by atoms with Crippen LogP contribution in [0.3, 0.4) is 0 Å². The first-order valence-electron chi connectivity index (χ1n) is 7.82. The second-order valence-corrected chi connectivity index (χ2v) is 6.74. The van der Waals surface area contributed by atoms with Gasteiger partial charge in [-0.1, -0.05) is 24.5 Å². The Kier molecular flexibility index (Phi) is 4.98. The minimum absolute atomic E-state index is 0.670. The van der Waals surface area contributed by atoms with Crippen molar-refractivity contribution in [3.8, 4) is 0 Å². The molecule has 0 aliphatic heterocycles. The third-order valence-corrected chi connectivity index (χ3v) is 5.17. The van der Waals surface area contributed by atoms with Crippen LogP contribution < -0.4 is 5.32 Å². The maximum absolute atomic E-state index is 4.28. The number of hydrogen-bond acceptors (Lipinski definition) is 5. The highest BCUT2D eigenvalue weighted by Crippen LogP contribution is 2.17. The lowest BCUT2D eigenvalue weighted by Gasteiger charge is -2.22.